The summed E-state index contributed by atoms with van der Waals surface area (Å²) in [5, 5.41) is 14.3. The summed E-state index contributed by atoms with van der Waals surface area (Å²) in [6.45, 7) is 2.84. The highest BCUT2D eigenvalue weighted by Gasteiger charge is 2.25. The van der Waals surface area contributed by atoms with Crippen molar-refractivity contribution in [3.63, 3.8) is 0 Å². The summed E-state index contributed by atoms with van der Waals surface area (Å²) < 4.78 is 3.34. The lowest BCUT2D eigenvalue weighted by Crippen LogP contribution is -2.35. The Labute approximate surface area is 218 Å². The number of fused-ring (bicyclic) bond motifs is 1. The molecule has 0 spiro atoms. The molecule has 1 aliphatic carbocycles. The van der Waals surface area contributed by atoms with Crippen LogP contribution in [0.4, 0.5) is 0 Å². The SMILES string of the molecule is CCCn1c(=O)[nH]c2nc(C3CCCCC3)n(Cc3ccc(-c4ccccc4-c4nnn[nH]4)cc3)c2c1=O. The van der Waals surface area contributed by atoms with Crippen LogP contribution in [0.1, 0.15) is 62.8 Å². The van der Waals surface area contributed by atoms with Gasteiger partial charge in [-0.2, -0.15) is 0 Å². The highest BCUT2D eigenvalue weighted by atomic mass is 16.2. The zero-order valence-electron chi connectivity index (χ0n) is 21.4. The molecule has 0 amide bonds. The molecule has 5 aromatic rings. The van der Waals surface area contributed by atoms with Gasteiger partial charge in [0.05, 0.1) is 0 Å². The Hall–Kier alpha value is -4.34. The van der Waals surface area contributed by atoms with Crippen LogP contribution in [0, 0.1) is 0 Å². The van der Waals surface area contributed by atoms with Gasteiger partial charge in [0.15, 0.2) is 17.0 Å². The van der Waals surface area contributed by atoms with Crippen molar-refractivity contribution in [1.29, 1.82) is 0 Å². The molecule has 3 aromatic heterocycles. The molecule has 2 N–H and O–H groups in total. The zero-order valence-corrected chi connectivity index (χ0v) is 21.4. The maximum absolute atomic E-state index is 13.5. The van der Waals surface area contributed by atoms with Gasteiger partial charge in [-0.15, -0.1) is 5.10 Å². The van der Waals surface area contributed by atoms with E-state index >= 15 is 0 Å². The van der Waals surface area contributed by atoms with E-state index < -0.39 is 5.69 Å². The lowest BCUT2D eigenvalue weighted by atomic mass is 9.88. The van der Waals surface area contributed by atoms with Gasteiger partial charge in [0, 0.05) is 24.6 Å². The van der Waals surface area contributed by atoms with Crippen LogP contribution in [0.25, 0.3) is 33.7 Å². The summed E-state index contributed by atoms with van der Waals surface area (Å²) in [5.41, 5.74) is 4.24. The Morgan fingerprint density at radius 1 is 0.947 bits per heavy atom. The van der Waals surface area contributed by atoms with Crippen LogP contribution in [0.5, 0.6) is 0 Å². The summed E-state index contributed by atoms with van der Waals surface area (Å²) in [6.07, 6.45) is 6.32. The van der Waals surface area contributed by atoms with Crippen LogP contribution in [0.2, 0.25) is 0 Å². The van der Waals surface area contributed by atoms with Gasteiger partial charge in [0.2, 0.25) is 0 Å². The van der Waals surface area contributed by atoms with Crippen molar-refractivity contribution >= 4 is 11.2 Å². The second-order valence-corrected chi connectivity index (χ2v) is 9.97. The van der Waals surface area contributed by atoms with Crippen LogP contribution in [0.3, 0.4) is 0 Å². The summed E-state index contributed by atoms with van der Waals surface area (Å²) >= 11 is 0. The normalized spacial score (nSPS) is 14.3. The third-order valence-corrected chi connectivity index (χ3v) is 7.47. The predicted molar refractivity (Wildman–Crippen MR) is 145 cm³/mol. The van der Waals surface area contributed by atoms with Crippen molar-refractivity contribution in [2.75, 3.05) is 0 Å². The minimum atomic E-state index is -0.394. The smallest absolute Gasteiger partial charge is 0.317 e. The number of tetrazole rings is 1. The fraction of sp³-hybridized carbons (Fsp3) is 0.357. The number of hydrogen-bond acceptors (Lipinski definition) is 6. The highest BCUT2D eigenvalue weighted by molar-refractivity contribution is 5.80. The molecule has 1 aliphatic rings. The van der Waals surface area contributed by atoms with E-state index in [0.29, 0.717) is 36.5 Å². The van der Waals surface area contributed by atoms with E-state index in [9.17, 15) is 9.59 Å². The quantitative estimate of drug-likeness (QED) is 0.337. The van der Waals surface area contributed by atoms with Gasteiger partial charge in [-0.25, -0.2) is 14.9 Å². The first-order chi connectivity index (χ1) is 18.6. The van der Waals surface area contributed by atoms with Gasteiger partial charge in [-0.3, -0.25) is 14.3 Å². The fourth-order valence-corrected chi connectivity index (χ4v) is 5.61. The van der Waals surface area contributed by atoms with Crippen LogP contribution >= 0.6 is 0 Å². The number of H-pyrrole nitrogens is 2. The number of imidazole rings is 1. The van der Waals surface area contributed by atoms with Crippen LogP contribution < -0.4 is 11.2 Å². The Morgan fingerprint density at radius 2 is 1.71 bits per heavy atom. The summed E-state index contributed by atoms with van der Waals surface area (Å²) in [5.74, 6) is 1.79. The lowest BCUT2D eigenvalue weighted by molar-refractivity contribution is 0.420. The molecule has 10 nitrogen and oxygen atoms in total. The second-order valence-electron chi connectivity index (χ2n) is 9.97. The molecule has 1 saturated carbocycles. The van der Waals surface area contributed by atoms with Gasteiger partial charge in [0.25, 0.3) is 5.56 Å². The molecule has 10 heteroatoms. The number of aromatic amines is 2. The molecule has 0 radical (unpaired) electrons. The molecular formula is C28H30N8O2. The Kier molecular flexibility index (Phi) is 6.45. The molecule has 0 aliphatic heterocycles. The van der Waals surface area contributed by atoms with E-state index in [-0.39, 0.29) is 11.5 Å². The molecule has 38 heavy (non-hydrogen) atoms. The molecule has 0 bridgehead atoms. The number of hydrogen-bond donors (Lipinski definition) is 2. The minimum Gasteiger partial charge on any atom is -0.317 e. The van der Waals surface area contributed by atoms with Crippen molar-refractivity contribution in [3.8, 4) is 22.5 Å². The topological polar surface area (TPSA) is 127 Å². The molecular weight excluding hydrogens is 480 g/mol. The number of rotatable bonds is 7. The molecule has 2 aromatic carbocycles. The molecule has 194 valence electrons. The van der Waals surface area contributed by atoms with Gasteiger partial charge in [0.1, 0.15) is 5.82 Å². The summed E-state index contributed by atoms with van der Waals surface area (Å²) in [6, 6.07) is 16.3. The van der Waals surface area contributed by atoms with Crippen molar-refractivity contribution in [3.05, 3.63) is 80.8 Å². The first-order valence-electron chi connectivity index (χ1n) is 13.3. The highest BCUT2D eigenvalue weighted by Crippen LogP contribution is 2.34. The van der Waals surface area contributed by atoms with E-state index in [2.05, 4.69) is 49.9 Å². The monoisotopic (exact) mass is 510 g/mol. The average Bonchev–Trinajstić information content (AvgIpc) is 3.61. The predicted octanol–water partition coefficient (Wildman–Crippen LogP) is 4.24. The Balaban J connectivity index is 1.41. The summed E-state index contributed by atoms with van der Waals surface area (Å²) in [4.78, 5) is 33.8. The number of nitrogens with one attached hydrogen (secondary N) is 2. The van der Waals surface area contributed by atoms with Crippen molar-refractivity contribution in [2.24, 2.45) is 0 Å². The Bertz CT molecular complexity index is 1670. The first-order valence-corrected chi connectivity index (χ1v) is 13.3. The largest absolute Gasteiger partial charge is 0.330 e. The lowest BCUT2D eigenvalue weighted by Gasteiger charge is -2.22. The van der Waals surface area contributed by atoms with E-state index in [4.69, 9.17) is 4.98 Å². The standard InChI is InChI=1S/C28H30N8O2/c1-2-16-35-27(37)23-25(30-28(35)38)29-26(20-8-4-3-5-9-20)36(23)17-18-12-14-19(15-13-18)21-10-6-7-11-22(21)24-31-33-34-32-24/h6-7,10-15,20H,2-5,8-9,16-17H2,1H3,(H,30,38)(H,31,32,33,34). The summed E-state index contributed by atoms with van der Waals surface area (Å²) in [7, 11) is 0. The van der Waals surface area contributed by atoms with E-state index in [1.165, 1.54) is 11.0 Å². The molecule has 1 fully saturated rings. The second kappa shape index (κ2) is 10.2. The molecule has 3 heterocycles. The molecule has 0 saturated heterocycles. The van der Waals surface area contributed by atoms with Gasteiger partial charge < -0.3 is 4.57 Å². The first kappa shape index (κ1) is 24.0. The molecule has 6 rings (SSSR count). The molecule has 0 unspecified atom stereocenters. The fourth-order valence-electron chi connectivity index (χ4n) is 5.61. The third-order valence-electron chi connectivity index (χ3n) is 7.47. The number of aromatic nitrogens is 8. The molecule has 0 atom stereocenters. The van der Waals surface area contributed by atoms with Crippen molar-refractivity contribution in [2.45, 2.75) is 64.5 Å². The van der Waals surface area contributed by atoms with Crippen LogP contribution in [-0.4, -0.2) is 39.7 Å². The maximum Gasteiger partial charge on any atom is 0.330 e. The average molecular weight is 511 g/mol. The van der Waals surface area contributed by atoms with Crippen LogP contribution in [-0.2, 0) is 13.1 Å². The third kappa shape index (κ3) is 4.36. The van der Waals surface area contributed by atoms with Gasteiger partial charge in [-0.1, -0.05) is 74.7 Å². The Morgan fingerprint density at radius 3 is 2.42 bits per heavy atom. The van der Waals surface area contributed by atoms with E-state index in [1.54, 1.807) is 0 Å². The van der Waals surface area contributed by atoms with Gasteiger partial charge >= 0.3 is 5.69 Å². The minimum absolute atomic E-state index is 0.272. The maximum atomic E-state index is 13.5. The van der Waals surface area contributed by atoms with Crippen LogP contribution in [0.15, 0.2) is 58.1 Å². The van der Waals surface area contributed by atoms with Crippen molar-refractivity contribution in [1.82, 2.24) is 39.7 Å². The van der Waals surface area contributed by atoms with Crippen molar-refractivity contribution < 1.29 is 0 Å². The van der Waals surface area contributed by atoms with E-state index in [1.807, 2.05) is 35.8 Å². The van der Waals surface area contributed by atoms with Gasteiger partial charge in [-0.05, 0) is 46.4 Å². The zero-order chi connectivity index (χ0) is 26.1. The van der Waals surface area contributed by atoms with E-state index in [0.717, 1.165) is 53.8 Å². The number of benzene rings is 2. The number of nitrogens with zero attached hydrogens (tertiary/aromatic N) is 6.